The summed E-state index contributed by atoms with van der Waals surface area (Å²) < 4.78 is 37.2. The molecule has 1 heterocycles. The van der Waals surface area contributed by atoms with Crippen LogP contribution in [0.2, 0.25) is 0 Å². The van der Waals surface area contributed by atoms with Crippen LogP contribution < -0.4 is 10.1 Å². The van der Waals surface area contributed by atoms with Crippen molar-refractivity contribution in [2.45, 2.75) is 38.3 Å². The summed E-state index contributed by atoms with van der Waals surface area (Å²) in [7, 11) is -1.84. The van der Waals surface area contributed by atoms with Gasteiger partial charge < -0.3 is 14.6 Å². The van der Waals surface area contributed by atoms with E-state index in [0.29, 0.717) is 36.2 Å². The molecule has 8 nitrogen and oxygen atoms in total. The van der Waals surface area contributed by atoms with Crippen molar-refractivity contribution >= 4 is 10.0 Å². The van der Waals surface area contributed by atoms with E-state index >= 15 is 0 Å². The van der Waals surface area contributed by atoms with Crippen molar-refractivity contribution in [2.24, 2.45) is 0 Å². The quantitative estimate of drug-likeness (QED) is 0.510. The largest absolute Gasteiger partial charge is 0.497 e. The third kappa shape index (κ3) is 5.30. The second-order valence-electron chi connectivity index (χ2n) is 7.00. The molecule has 0 radical (unpaired) electrons. The Morgan fingerprint density at radius 3 is 2.29 bits per heavy atom. The standard InChI is InChI=1S/C22H28N4O4S/c1-5-26(6-2)31(27,28)20-13-9-17(10-14-20)16(3)23-15-21-24-22(25-30-21)18-7-11-19(29-4)12-8-18/h7-14,16,23H,5-6,15H2,1-4H3/t16-/m0/s1. The Kier molecular flexibility index (Phi) is 7.42. The lowest BCUT2D eigenvalue weighted by Crippen LogP contribution is -2.30. The fourth-order valence-corrected chi connectivity index (χ4v) is 4.64. The molecule has 2 aromatic carbocycles. The highest BCUT2D eigenvalue weighted by Gasteiger charge is 2.21. The Hall–Kier alpha value is -2.75. The van der Waals surface area contributed by atoms with Crippen molar-refractivity contribution in [3.05, 3.63) is 60.0 Å². The molecule has 0 aliphatic rings. The molecule has 0 fully saturated rings. The highest BCUT2D eigenvalue weighted by atomic mass is 32.2. The molecule has 0 unspecified atom stereocenters. The van der Waals surface area contributed by atoms with Crippen LogP contribution in [0.4, 0.5) is 0 Å². The molecule has 0 aliphatic heterocycles. The van der Waals surface area contributed by atoms with Gasteiger partial charge in [-0.2, -0.15) is 9.29 Å². The minimum Gasteiger partial charge on any atom is -0.497 e. The Bertz CT molecular complexity index is 1080. The molecule has 1 atom stereocenters. The van der Waals surface area contributed by atoms with E-state index in [4.69, 9.17) is 9.26 Å². The van der Waals surface area contributed by atoms with E-state index in [0.717, 1.165) is 16.9 Å². The molecule has 0 amide bonds. The van der Waals surface area contributed by atoms with Gasteiger partial charge in [0.15, 0.2) is 0 Å². The van der Waals surface area contributed by atoms with Crippen LogP contribution in [-0.4, -0.2) is 43.1 Å². The maximum atomic E-state index is 12.6. The summed E-state index contributed by atoms with van der Waals surface area (Å²) in [5.41, 5.74) is 1.81. The number of aromatic nitrogens is 2. The molecule has 31 heavy (non-hydrogen) atoms. The van der Waals surface area contributed by atoms with Gasteiger partial charge in [0.05, 0.1) is 18.6 Å². The maximum Gasteiger partial charge on any atom is 0.243 e. The van der Waals surface area contributed by atoms with Gasteiger partial charge in [0.2, 0.25) is 21.7 Å². The molecule has 1 N–H and O–H groups in total. The van der Waals surface area contributed by atoms with E-state index < -0.39 is 10.0 Å². The minimum atomic E-state index is -3.46. The van der Waals surface area contributed by atoms with E-state index in [1.165, 1.54) is 4.31 Å². The number of hydrogen-bond acceptors (Lipinski definition) is 7. The molecule has 0 saturated carbocycles. The van der Waals surface area contributed by atoms with Crippen LogP contribution in [0.25, 0.3) is 11.4 Å². The van der Waals surface area contributed by atoms with Gasteiger partial charge in [-0.3, -0.25) is 0 Å². The van der Waals surface area contributed by atoms with Gasteiger partial charge in [-0.05, 0) is 48.9 Å². The molecule has 3 rings (SSSR count). The van der Waals surface area contributed by atoms with Crippen LogP contribution in [0, 0.1) is 0 Å². The number of ether oxygens (including phenoxy) is 1. The summed E-state index contributed by atoms with van der Waals surface area (Å²) in [6.07, 6.45) is 0. The number of methoxy groups -OCH3 is 1. The lowest BCUT2D eigenvalue weighted by molar-refractivity contribution is 0.360. The number of nitrogens with one attached hydrogen (secondary N) is 1. The third-order valence-electron chi connectivity index (χ3n) is 5.10. The third-order valence-corrected chi connectivity index (χ3v) is 7.16. The van der Waals surface area contributed by atoms with Gasteiger partial charge in [0, 0.05) is 24.7 Å². The van der Waals surface area contributed by atoms with Gasteiger partial charge in [0.1, 0.15) is 5.75 Å². The maximum absolute atomic E-state index is 12.6. The Labute approximate surface area is 183 Å². The van der Waals surface area contributed by atoms with E-state index in [1.807, 2.05) is 57.2 Å². The van der Waals surface area contributed by atoms with Crippen molar-refractivity contribution in [2.75, 3.05) is 20.2 Å². The molecule has 1 aromatic heterocycles. The van der Waals surface area contributed by atoms with Gasteiger partial charge in [0.25, 0.3) is 0 Å². The zero-order chi connectivity index (χ0) is 22.4. The Balaban J connectivity index is 1.62. The molecule has 0 bridgehead atoms. The lowest BCUT2D eigenvalue weighted by Gasteiger charge is -2.19. The zero-order valence-electron chi connectivity index (χ0n) is 18.2. The number of nitrogens with zero attached hydrogens (tertiary/aromatic N) is 3. The van der Waals surface area contributed by atoms with Crippen molar-refractivity contribution in [3.63, 3.8) is 0 Å². The molecular formula is C22H28N4O4S. The minimum absolute atomic E-state index is 0.0263. The van der Waals surface area contributed by atoms with E-state index in [1.54, 1.807) is 19.2 Å². The topological polar surface area (TPSA) is 97.6 Å². The van der Waals surface area contributed by atoms with Crippen molar-refractivity contribution in [1.82, 2.24) is 19.8 Å². The second kappa shape index (κ2) is 10.0. The highest BCUT2D eigenvalue weighted by molar-refractivity contribution is 7.89. The molecule has 166 valence electrons. The highest BCUT2D eigenvalue weighted by Crippen LogP contribution is 2.21. The SMILES string of the molecule is CCN(CC)S(=O)(=O)c1ccc([C@H](C)NCc2nc(-c3ccc(OC)cc3)no2)cc1. The van der Waals surface area contributed by atoms with Crippen LogP contribution in [0.15, 0.2) is 57.9 Å². The Morgan fingerprint density at radius 2 is 1.71 bits per heavy atom. The summed E-state index contributed by atoms with van der Waals surface area (Å²) in [5, 5.41) is 7.35. The average Bonchev–Trinajstić information content (AvgIpc) is 3.27. The van der Waals surface area contributed by atoms with Gasteiger partial charge >= 0.3 is 0 Å². The van der Waals surface area contributed by atoms with Gasteiger partial charge in [-0.1, -0.05) is 31.1 Å². The second-order valence-corrected chi connectivity index (χ2v) is 8.94. The van der Waals surface area contributed by atoms with E-state index in [-0.39, 0.29) is 6.04 Å². The van der Waals surface area contributed by atoms with Crippen molar-refractivity contribution < 1.29 is 17.7 Å². The fourth-order valence-electron chi connectivity index (χ4n) is 3.18. The van der Waals surface area contributed by atoms with Gasteiger partial charge in [-0.15, -0.1) is 0 Å². The summed E-state index contributed by atoms with van der Waals surface area (Å²) in [6.45, 7) is 6.94. The van der Waals surface area contributed by atoms with Crippen molar-refractivity contribution in [1.29, 1.82) is 0 Å². The monoisotopic (exact) mass is 444 g/mol. The lowest BCUT2D eigenvalue weighted by atomic mass is 10.1. The zero-order valence-corrected chi connectivity index (χ0v) is 19.0. The molecular weight excluding hydrogens is 416 g/mol. The first kappa shape index (κ1) is 22.9. The molecule has 3 aromatic rings. The van der Waals surface area contributed by atoms with Crippen LogP contribution in [0.1, 0.15) is 38.3 Å². The summed E-state index contributed by atoms with van der Waals surface area (Å²) in [4.78, 5) is 4.72. The number of sulfonamides is 1. The molecule has 0 aliphatic carbocycles. The number of rotatable bonds is 10. The predicted molar refractivity (Wildman–Crippen MR) is 118 cm³/mol. The van der Waals surface area contributed by atoms with E-state index in [9.17, 15) is 8.42 Å². The molecule has 9 heteroatoms. The normalized spacial score (nSPS) is 12.8. The average molecular weight is 445 g/mol. The Morgan fingerprint density at radius 1 is 1.06 bits per heavy atom. The number of hydrogen-bond donors (Lipinski definition) is 1. The first-order valence-corrected chi connectivity index (χ1v) is 11.6. The van der Waals surface area contributed by atoms with Crippen LogP contribution in [0.3, 0.4) is 0 Å². The van der Waals surface area contributed by atoms with Crippen molar-refractivity contribution in [3.8, 4) is 17.1 Å². The molecule has 0 saturated heterocycles. The van der Waals surface area contributed by atoms with Crippen LogP contribution in [0.5, 0.6) is 5.75 Å². The summed E-state index contributed by atoms with van der Waals surface area (Å²) >= 11 is 0. The first-order valence-electron chi connectivity index (χ1n) is 10.2. The van der Waals surface area contributed by atoms with E-state index in [2.05, 4.69) is 15.5 Å². The summed E-state index contributed by atoms with van der Waals surface area (Å²) in [6, 6.07) is 14.3. The summed E-state index contributed by atoms with van der Waals surface area (Å²) in [5.74, 6) is 1.75. The van der Waals surface area contributed by atoms with Crippen LogP contribution >= 0.6 is 0 Å². The van der Waals surface area contributed by atoms with Gasteiger partial charge in [-0.25, -0.2) is 8.42 Å². The fraction of sp³-hybridized carbons (Fsp3) is 0.364. The van der Waals surface area contributed by atoms with Crippen LogP contribution in [-0.2, 0) is 16.6 Å². The number of benzene rings is 2. The first-order chi connectivity index (χ1) is 14.9. The molecule has 0 spiro atoms. The smallest absolute Gasteiger partial charge is 0.243 e. The predicted octanol–water partition coefficient (Wildman–Crippen LogP) is 3.63.